The number of aromatic nitrogens is 2. The number of nitrogens with one attached hydrogen (secondary N) is 1. The third-order valence-electron chi connectivity index (χ3n) is 4.69. The van der Waals surface area contributed by atoms with Crippen LogP contribution < -0.4 is 4.90 Å². The Labute approximate surface area is 119 Å². The maximum Gasteiger partial charge on any atom is 0.202 e. The molecular weight excluding hydrogens is 256 g/mol. The Morgan fingerprint density at radius 1 is 1.30 bits per heavy atom. The number of anilines is 1. The zero-order chi connectivity index (χ0) is 13.4. The predicted molar refractivity (Wildman–Crippen MR) is 74.9 cm³/mol. The van der Waals surface area contributed by atoms with Gasteiger partial charge in [0.15, 0.2) is 0 Å². The van der Waals surface area contributed by atoms with Crippen molar-refractivity contribution in [3.63, 3.8) is 0 Å². The molecule has 0 saturated carbocycles. The number of rotatable bonds is 3. The van der Waals surface area contributed by atoms with Crippen molar-refractivity contribution in [2.45, 2.75) is 24.5 Å². The number of hydrogen-bond donors (Lipinski definition) is 1. The molecule has 3 saturated heterocycles. The van der Waals surface area contributed by atoms with E-state index in [2.05, 4.69) is 19.8 Å². The Hall–Kier alpha value is -1.11. The molecule has 6 nitrogen and oxygen atoms in total. The molecule has 0 aliphatic carbocycles. The van der Waals surface area contributed by atoms with Crippen molar-refractivity contribution in [1.82, 2.24) is 14.9 Å². The normalized spacial score (nSPS) is 29.8. The van der Waals surface area contributed by atoms with Crippen molar-refractivity contribution in [3.8, 4) is 0 Å². The van der Waals surface area contributed by atoms with Gasteiger partial charge in [-0.2, -0.15) is 0 Å². The van der Waals surface area contributed by atoms with E-state index >= 15 is 0 Å². The first-order chi connectivity index (χ1) is 9.83. The van der Waals surface area contributed by atoms with Gasteiger partial charge < -0.3 is 19.4 Å². The minimum atomic E-state index is 0.0840. The lowest BCUT2D eigenvalue weighted by Gasteiger charge is -2.39. The molecule has 0 bridgehead atoms. The van der Waals surface area contributed by atoms with Gasteiger partial charge in [-0.15, -0.1) is 0 Å². The van der Waals surface area contributed by atoms with Crippen LogP contribution in [-0.4, -0.2) is 72.5 Å². The van der Waals surface area contributed by atoms with Crippen LogP contribution in [0.3, 0.4) is 0 Å². The molecular formula is C14H22N4O2. The molecule has 1 aromatic rings. The molecule has 0 amide bonds. The summed E-state index contributed by atoms with van der Waals surface area (Å²) in [6.07, 6.45) is 6.45. The van der Waals surface area contributed by atoms with E-state index in [9.17, 15) is 0 Å². The predicted octanol–water partition coefficient (Wildman–Crippen LogP) is 0.480. The molecule has 0 radical (unpaired) electrons. The van der Waals surface area contributed by atoms with E-state index in [0.717, 1.165) is 51.9 Å². The highest BCUT2D eigenvalue weighted by molar-refractivity contribution is 5.29. The summed E-state index contributed by atoms with van der Waals surface area (Å²) in [7, 11) is 0. The molecule has 110 valence electrons. The highest BCUT2D eigenvalue weighted by Gasteiger charge is 2.46. The van der Waals surface area contributed by atoms with Gasteiger partial charge in [0.05, 0.1) is 19.3 Å². The van der Waals surface area contributed by atoms with Crippen LogP contribution in [0.2, 0.25) is 0 Å². The fourth-order valence-corrected chi connectivity index (χ4v) is 3.43. The van der Waals surface area contributed by atoms with Crippen LogP contribution in [0, 0.1) is 0 Å². The van der Waals surface area contributed by atoms with Crippen molar-refractivity contribution < 1.29 is 9.47 Å². The van der Waals surface area contributed by atoms with E-state index in [1.807, 2.05) is 12.4 Å². The van der Waals surface area contributed by atoms with Gasteiger partial charge in [0.25, 0.3) is 0 Å². The maximum atomic E-state index is 6.19. The van der Waals surface area contributed by atoms with Gasteiger partial charge in [-0.3, -0.25) is 4.90 Å². The van der Waals surface area contributed by atoms with Crippen molar-refractivity contribution in [2.24, 2.45) is 0 Å². The summed E-state index contributed by atoms with van der Waals surface area (Å²) in [5.74, 6) is 0.993. The first-order valence-electron chi connectivity index (χ1n) is 7.55. The van der Waals surface area contributed by atoms with Gasteiger partial charge in [0.2, 0.25) is 5.95 Å². The van der Waals surface area contributed by atoms with Gasteiger partial charge in [-0.1, -0.05) is 0 Å². The highest BCUT2D eigenvalue weighted by Crippen LogP contribution is 2.36. The second-order valence-corrected chi connectivity index (χ2v) is 6.15. The minimum absolute atomic E-state index is 0.0840. The summed E-state index contributed by atoms with van der Waals surface area (Å²) in [6, 6.07) is 0. The molecule has 4 heterocycles. The van der Waals surface area contributed by atoms with Crippen LogP contribution >= 0.6 is 0 Å². The standard InChI is InChI=1S/C14H22N4O2/c1-2-14(10-19-11-14)20-12(1)9-17-5-7-18(8-6-17)13-15-3-4-16-13/h3-4,12H,1-2,5-11H2,(H,15,16). The molecule has 3 fully saturated rings. The number of piperazine rings is 1. The zero-order valence-electron chi connectivity index (χ0n) is 11.8. The van der Waals surface area contributed by atoms with E-state index in [4.69, 9.17) is 9.47 Å². The average molecular weight is 278 g/mol. The van der Waals surface area contributed by atoms with Gasteiger partial charge in [0.1, 0.15) is 5.60 Å². The Bertz CT molecular complexity index is 438. The second-order valence-electron chi connectivity index (χ2n) is 6.15. The lowest BCUT2D eigenvalue weighted by molar-refractivity contribution is -0.201. The topological polar surface area (TPSA) is 53.6 Å². The third kappa shape index (κ3) is 2.32. The first kappa shape index (κ1) is 12.6. The minimum Gasteiger partial charge on any atom is -0.375 e. The monoisotopic (exact) mass is 278 g/mol. The molecule has 3 aliphatic heterocycles. The summed E-state index contributed by atoms with van der Waals surface area (Å²) in [5, 5.41) is 0. The van der Waals surface area contributed by atoms with E-state index in [1.165, 1.54) is 12.8 Å². The highest BCUT2D eigenvalue weighted by atomic mass is 16.6. The molecule has 0 aromatic carbocycles. The molecule has 1 N–H and O–H groups in total. The molecule has 6 heteroatoms. The van der Waals surface area contributed by atoms with Crippen LogP contribution in [0.1, 0.15) is 12.8 Å². The lowest BCUT2D eigenvalue weighted by Crippen LogP contribution is -2.51. The molecule has 1 spiro atoms. The summed E-state index contributed by atoms with van der Waals surface area (Å²) in [4.78, 5) is 12.3. The SMILES string of the molecule is c1c[nH]c(N2CCN(CC3CCC4(COC4)O3)CC2)n1. The number of aromatic amines is 1. The smallest absolute Gasteiger partial charge is 0.202 e. The van der Waals surface area contributed by atoms with Crippen molar-refractivity contribution in [2.75, 3.05) is 50.8 Å². The van der Waals surface area contributed by atoms with Crippen molar-refractivity contribution in [1.29, 1.82) is 0 Å². The van der Waals surface area contributed by atoms with Gasteiger partial charge in [-0.05, 0) is 12.8 Å². The number of imidazole rings is 1. The number of nitrogens with zero attached hydrogens (tertiary/aromatic N) is 3. The van der Waals surface area contributed by atoms with E-state index in [1.54, 1.807) is 0 Å². The van der Waals surface area contributed by atoms with E-state index < -0.39 is 0 Å². The number of H-pyrrole nitrogens is 1. The van der Waals surface area contributed by atoms with Crippen LogP contribution in [0.4, 0.5) is 5.95 Å². The fraction of sp³-hybridized carbons (Fsp3) is 0.786. The first-order valence-corrected chi connectivity index (χ1v) is 7.55. The fourth-order valence-electron chi connectivity index (χ4n) is 3.43. The van der Waals surface area contributed by atoms with Crippen LogP contribution in [0.25, 0.3) is 0 Å². The van der Waals surface area contributed by atoms with Gasteiger partial charge >= 0.3 is 0 Å². The molecule has 3 aliphatic rings. The summed E-state index contributed by atoms with van der Waals surface area (Å²) in [5.41, 5.74) is 0.0840. The van der Waals surface area contributed by atoms with Crippen LogP contribution in [0.15, 0.2) is 12.4 Å². The summed E-state index contributed by atoms with van der Waals surface area (Å²) >= 11 is 0. The summed E-state index contributed by atoms with van der Waals surface area (Å²) < 4.78 is 11.5. The number of ether oxygens (including phenoxy) is 2. The maximum absolute atomic E-state index is 6.19. The zero-order valence-corrected chi connectivity index (χ0v) is 11.8. The van der Waals surface area contributed by atoms with Crippen molar-refractivity contribution in [3.05, 3.63) is 12.4 Å². The third-order valence-corrected chi connectivity index (χ3v) is 4.69. The largest absolute Gasteiger partial charge is 0.375 e. The Morgan fingerprint density at radius 2 is 2.15 bits per heavy atom. The lowest BCUT2D eigenvalue weighted by atomic mass is 9.98. The summed E-state index contributed by atoms with van der Waals surface area (Å²) in [6.45, 7) is 6.91. The van der Waals surface area contributed by atoms with Gasteiger partial charge in [-0.25, -0.2) is 4.98 Å². The van der Waals surface area contributed by atoms with E-state index in [0.29, 0.717) is 6.10 Å². The average Bonchev–Trinajstić information content (AvgIpc) is 3.08. The van der Waals surface area contributed by atoms with E-state index in [-0.39, 0.29) is 5.60 Å². The molecule has 1 aromatic heterocycles. The van der Waals surface area contributed by atoms with Crippen molar-refractivity contribution >= 4 is 5.95 Å². The molecule has 1 atom stereocenters. The van der Waals surface area contributed by atoms with Crippen LogP contribution in [0.5, 0.6) is 0 Å². The molecule has 1 unspecified atom stereocenters. The molecule has 20 heavy (non-hydrogen) atoms. The van der Waals surface area contributed by atoms with Crippen LogP contribution in [-0.2, 0) is 9.47 Å². The van der Waals surface area contributed by atoms with Gasteiger partial charge in [0, 0.05) is 45.1 Å². The quantitative estimate of drug-likeness (QED) is 0.871. The second kappa shape index (κ2) is 5.02. The Morgan fingerprint density at radius 3 is 2.75 bits per heavy atom. The molecule has 4 rings (SSSR count). The Kier molecular flexibility index (Phi) is 3.17. The Balaban J connectivity index is 1.26. The number of hydrogen-bond acceptors (Lipinski definition) is 5.